The van der Waals surface area contributed by atoms with E-state index in [1.54, 1.807) is 16.2 Å². The Balaban J connectivity index is 1.47. The first kappa shape index (κ1) is 26.4. The lowest BCUT2D eigenvalue weighted by atomic mass is 10.1. The number of likely N-dealkylation sites (N-methyl/N-ethyl adjacent to an activating group) is 1. The molecule has 7 nitrogen and oxygen atoms in total. The molecule has 0 aliphatic carbocycles. The minimum absolute atomic E-state index is 0.0246. The quantitative estimate of drug-likeness (QED) is 0.385. The summed E-state index contributed by atoms with van der Waals surface area (Å²) >= 11 is 1.73. The Morgan fingerprint density at radius 3 is 2.72 bits per heavy atom. The van der Waals surface area contributed by atoms with Crippen LogP contribution in [0, 0.1) is 0 Å². The summed E-state index contributed by atoms with van der Waals surface area (Å²) in [4.78, 5) is 33.7. The van der Waals surface area contributed by atoms with E-state index in [0.29, 0.717) is 24.7 Å². The Labute approximate surface area is 217 Å². The molecule has 1 atom stereocenters. The van der Waals surface area contributed by atoms with Crippen molar-refractivity contribution in [2.24, 2.45) is 0 Å². The van der Waals surface area contributed by atoms with Crippen molar-refractivity contribution in [3.8, 4) is 0 Å². The third kappa shape index (κ3) is 6.16. The lowest BCUT2D eigenvalue weighted by Crippen LogP contribution is -2.44. The molecule has 1 N–H and O–H groups in total. The van der Waals surface area contributed by atoms with Gasteiger partial charge in [-0.15, -0.1) is 11.3 Å². The molecular formula is C28H38N4O3S. The maximum absolute atomic E-state index is 12.9. The van der Waals surface area contributed by atoms with Gasteiger partial charge < -0.3 is 19.5 Å². The van der Waals surface area contributed by atoms with Crippen LogP contribution in [0.5, 0.6) is 0 Å². The number of hydrogen-bond donors (Lipinski definition) is 1. The molecule has 3 aromatic rings. The van der Waals surface area contributed by atoms with Gasteiger partial charge in [0.25, 0.3) is 5.91 Å². The second-order valence-corrected chi connectivity index (χ2v) is 10.5. The van der Waals surface area contributed by atoms with Crippen LogP contribution in [0.1, 0.15) is 80.0 Å². The molecule has 0 spiro atoms. The highest BCUT2D eigenvalue weighted by atomic mass is 32.1. The zero-order chi connectivity index (χ0) is 25.5. The van der Waals surface area contributed by atoms with E-state index in [9.17, 15) is 9.59 Å². The van der Waals surface area contributed by atoms with Crippen LogP contribution in [0.3, 0.4) is 0 Å². The standard InChI is InChI=1S/C28H38N4O3S/c1-4-21(5-2)32-25-13-12-20(16-24(25)30-26(32)17-23-11-9-15-36-23)28(34)29-18-27(33)31(6-3)19-22-10-7-8-14-35-22/h9,11-13,15-16,21-22H,4-8,10,14,17-19H2,1-3H3,(H,29,34). The Morgan fingerprint density at radius 2 is 2.06 bits per heavy atom. The number of carbonyl (C=O) groups is 2. The van der Waals surface area contributed by atoms with Gasteiger partial charge in [-0.3, -0.25) is 9.59 Å². The van der Waals surface area contributed by atoms with E-state index in [2.05, 4.69) is 41.2 Å². The third-order valence-corrected chi connectivity index (χ3v) is 7.95. The molecule has 194 valence electrons. The van der Waals surface area contributed by atoms with Crippen molar-refractivity contribution in [1.29, 1.82) is 0 Å². The number of amides is 2. The van der Waals surface area contributed by atoms with E-state index < -0.39 is 0 Å². The first-order chi connectivity index (χ1) is 17.5. The van der Waals surface area contributed by atoms with Gasteiger partial charge >= 0.3 is 0 Å². The summed E-state index contributed by atoms with van der Waals surface area (Å²) in [6.45, 7) is 8.28. The van der Waals surface area contributed by atoms with Gasteiger partial charge in [-0.05, 0) is 68.7 Å². The van der Waals surface area contributed by atoms with E-state index in [1.165, 1.54) is 4.88 Å². The maximum Gasteiger partial charge on any atom is 0.251 e. The van der Waals surface area contributed by atoms with Crippen molar-refractivity contribution in [3.05, 3.63) is 52.0 Å². The number of nitrogens with one attached hydrogen (secondary N) is 1. The molecule has 8 heteroatoms. The van der Waals surface area contributed by atoms with Crippen LogP contribution in [0.15, 0.2) is 35.7 Å². The molecule has 1 unspecified atom stereocenters. The van der Waals surface area contributed by atoms with E-state index >= 15 is 0 Å². The zero-order valence-corrected chi connectivity index (χ0v) is 22.5. The number of thiophene rings is 1. The summed E-state index contributed by atoms with van der Waals surface area (Å²) in [7, 11) is 0. The number of nitrogens with zero attached hydrogens (tertiary/aromatic N) is 3. The van der Waals surface area contributed by atoms with E-state index in [-0.39, 0.29) is 24.5 Å². The number of ether oxygens (including phenoxy) is 1. The Morgan fingerprint density at radius 1 is 1.22 bits per heavy atom. The smallest absolute Gasteiger partial charge is 0.251 e. The highest BCUT2D eigenvalue weighted by Gasteiger charge is 2.22. The molecule has 4 rings (SSSR count). The van der Waals surface area contributed by atoms with Crippen LogP contribution in [0.25, 0.3) is 11.0 Å². The first-order valence-electron chi connectivity index (χ1n) is 13.2. The van der Waals surface area contributed by atoms with Gasteiger partial charge in [-0.25, -0.2) is 4.98 Å². The van der Waals surface area contributed by atoms with Crippen molar-refractivity contribution in [2.45, 2.75) is 71.4 Å². The minimum Gasteiger partial charge on any atom is -0.376 e. The van der Waals surface area contributed by atoms with Crippen molar-refractivity contribution >= 4 is 34.2 Å². The van der Waals surface area contributed by atoms with Crippen LogP contribution in [-0.4, -0.2) is 58.6 Å². The maximum atomic E-state index is 12.9. The van der Waals surface area contributed by atoms with Gasteiger partial charge in [-0.2, -0.15) is 0 Å². The van der Waals surface area contributed by atoms with Gasteiger partial charge in [0.15, 0.2) is 0 Å². The molecule has 1 saturated heterocycles. The number of imidazole rings is 1. The lowest BCUT2D eigenvalue weighted by Gasteiger charge is -2.29. The molecule has 1 fully saturated rings. The summed E-state index contributed by atoms with van der Waals surface area (Å²) in [6, 6.07) is 10.2. The lowest BCUT2D eigenvalue weighted by molar-refractivity contribution is -0.132. The fourth-order valence-corrected chi connectivity index (χ4v) is 5.72. The van der Waals surface area contributed by atoms with E-state index in [4.69, 9.17) is 9.72 Å². The SMILES string of the molecule is CCC(CC)n1c(Cc2cccs2)nc2cc(C(=O)NCC(=O)N(CC)CC3CCCCO3)ccc21. The molecule has 1 aliphatic rings. The Hall–Kier alpha value is -2.71. The molecule has 36 heavy (non-hydrogen) atoms. The number of carbonyl (C=O) groups excluding carboxylic acids is 2. The van der Waals surface area contributed by atoms with Crippen molar-refractivity contribution < 1.29 is 14.3 Å². The Bertz CT molecular complexity index is 1150. The average molecular weight is 511 g/mol. The number of aromatic nitrogens is 2. The summed E-state index contributed by atoms with van der Waals surface area (Å²) in [5, 5.41) is 4.90. The van der Waals surface area contributed by atoms with Crippen molar-refractivity contribution in [2.75, 3.05) is 26.2 Å². The topological polar surface area (TPSA) is 76.5 Å². The highest BCUT2D eigenvalue weighted by molar-refractivity contribution is 7.09. The average Bonchev–Trinajstić information content (AvgIpc) is 3.55. The third-order valence-electron chi connectivity index (χ3n) is 7.08. The summed E-state index contributed by atoms with van der Waals surface area (Å²) in [5.41, 5.74) is 2.38. The van der Waals surface area contributed by atoms with Gasteiger partial charge in [-0.1, -0.05) is 19.9 Å². The van der Waals surface area contributed by atoms with E-state index in [1.807, 2.05) is 25.1 Å². The summed E-state index contributed by atoms with van der Waals surface area (Å²) in [5.74, 6) is 0.682. The molecule has 1 aliphatic heterocycles. The molecule has 1 aromatic carbocycles. The second kappa shape index (κ2) is 12.5. The molecule has 0 radical (unpaired) electrons. The molecule has 3 heterocycles. The zero-order valence-electron chi connectivity index (χ0n) is 21.7. The van der Waals surface area contributed by atoms with Crippen molar-refractivity contribution in [1.82, 2.24) is 19.8 Å². The number of fused-ring (bicyclic) bond motifs is 1. The number of benzene rings is 1. The van der Waals surface area contributed by atoms with Crippen LogP contribution < -0.4 is 5.32 Å². The summed E-state index contributed by atoms with van der Waals surface area (Å²) in [6.07, 6.45) is 6.10. The number of hydrogen-bond acceptors (Lipinski definition) is 5. The minimum atomic E-state index is -0.257. The van der Waals surface area contributed by atoms with Crippen LogP contribution >= 0.6 is 11.3 Å². The molecular weight excluding hydrogens is 472 g/mol. The molecule has 2 aromatic heterocycles. The van der Waals surface area contributed by atoms with Crippen LogP contribution in [-0.2, 0) is 16.0 Å². The predicted octanol–water partition coefficient (Wildman–Crippen LogP) is 5.20. The van der Waals surface area contributed by atoms with Gasteiger partial charge in [0.1, 0.15) is 5.82 Å². The van der Waals surface area contributed by atoms with Gasteiger partial charge in [0.05, 0.1) is 23.7 Å². The van der Waals surface area contributed by atoms with Crippen LogP contribution in [0.2, 0.25) is 0 Å². The fraction of sp³-hybridized carbons (Fsp3) is 0.536. The normalized spacial score (nSPS) is 15.9. The molecule has 0 saturated carbocycles. The van der Waals surface area contributed by atoms with Crippen molar-refractivity contribution in [3.63, 3.8) is 0 Å². The Kier molecular flexibility index (Phi) is 9.15. The van der Waals surface area contributed by atoms with Gasteiger partial charge in [0, 0.05) is 42.6 Å². The summed E-state index contributed by atoms with van der Waals surface area (Å²) < 4.78 is 8.12. The predicted molar refractivity (Wildman–Crippen MR) is 145 cm³/mol. The first-order valence-corrected chi connectivity index (χ1v) is 14.1. The second-order valence-electron chi connectivity index (χ2n) is 9.43. The fourth-order valence-electron chi connectivity index (χ4n) is 5.02. The van der Waals surface area contributed by atoms with Crippen LogP contribution in [0.4, 0.5) is 0 Å². The molecule has 0 bridgehead atoms. The van der Waals surface area contributed by atoms with Gasteiger partial charge in [0.2, 0.25) is 5.91 Å². The van der Waals surface area contributed by atoms with E-state index in [0.717, 1.165) is 62.0 Å². The largest absolute Gasteiger partial charge is 0.376 e. The highest BCUT2D eigenvalue weighted by Crippen LogP contribution is 2.28. The number of rotatable bonds is 11. The molecule has 2 amide bonds. The monoisotopic (exact) mass is 510 g/mol.